The van der Waals surface area contributed by atoms with Crippen molar-refractivity contribution >= 4 is 47.2 Å². The van der Waals surface area contributed by atoms with E-state index < -0.39 is 18.4 Å². The number of rotatable bonds is 7. The van der Waals surface area contributed by atoms with Gasteiger partial charge < -0.3 is 5.11 Å². The predicted octanol–water partition coefficient (Wildman–Crippen LogP) is 4.30. The minimum atomic E-state index is -1.12. The molecular formula is C23H19N3O3S. The topological polar surface area (TPSA) is 82.3 Å². The maximum Gasteiger partial charge on any atom is 0.323 e. The standard InChI is InChI=1S/C23H19N3O3S/c27-21(28)17-26-22(29)20(15-7-13-18-9-3-1-4-10-18)30-23(26)25-24-16-8-14-19-11-5-2-6-12-19/h1-16H,17H2,(H,27,28)/b13-7+,14-8+,20-15+,24-16+,25-23+. The van der Waals surface area contributed by atoms with E-state index in [4.69, 9.17) is 5.11 Å². The van der Waals surface area contributed by atoms with Gasteiger partial charge in [0.1, 0.15) is 6.54 Å². The maximum atomic E-state index is 12.6. The second-order valence-corrected chi connectivity index (χ2v) is 7.11. The largest absolute Gasteiger partial charge is 0.480 e. The number of benzene rings is 2. The first-order chi connectivity index (χ1) is 14.6. The van der Waals surface area contributed by atoms with Crippen molar-refractivity contribution in [2.75, 3.05) is 6.54 Å². The van der Waals surface area contributed by atoms with Gasteiger partial charge in [-0.1, -0.05) is 78.9 Å². The van der Waals surface area contributed by atoms with Crippen LogP contribution in [0, 0.1) is 0 Å². The minimum Gasteiger partial charge on any atom is -0.480 e. The van der Waals surface area contributed by atoms with Gasteiger partial charge in [0.2, 0.25) is 0 Å². The van der Waals surface area contributed by atoms with Crippen molar-refractivity contribution in [1.82, 2.24) is 4.90 Å². The lowest BCUT2D eigenvalue weighted by Gasteiger charge is -2.10. The number of nitrogens with zero attached hydrogens (tertiary/aromatic N) is 3. The molecular weight excluding hydrogens is 398 g/mol. The molecule has 0 saturated carbocycles. The highest BCUT2D eigenvalue weighted by atomic mass is 32.2. The summed E-state index contributed by atoms with van der Waals surface area (Å²) < 4.78 is 0. The Morgan fingerprint density at radius 1 is 0.967 bits per heavy atom. The molecule has 0 aromatic heterocycles. The third-order valence-electron chi connectivity index (χ3n) is 3.90. The Morgan fingerprint density at radius 3 is 2.17 bits per heavy atom. The Morgan fingerprint density at radius 2 is 1.57 bits per heavy atom. The summed E-state index contributed by atoms with van der Waals surface area (Å²) in [7, 11) is 0. The molecule has 0 bridgehead atoms. The second-order valence-electron chi connectivity index (χ2n) is 6.10. The van der Waals surface area contributed by atoms with Crippen molar-refractivity contribution < 1.29 is 14.7 Å². The summed E-state index contributed by atoms with van der Waals surface area (Å²) in [6, 6.07) is 19.4. The van der Waals surface area contributed by atoms with Crippen molar-refractivity contribution in [2.45, 2.75) is 0 Å². The van der Waals surface area contributed by atoms with Crippen LogP contribution >= 0.6 is 11.8 Å². The number of hydrogen-bond donors (Lipinski definition) is 1. The van der Waals surface area contributed by atoms with E-state index in [1.807, 2.05) is 72.8 Å². The molecule has 2 aromatic carbocycles. The van der Waals surface area contributed by atoms with Gasteiger partial charge in [0.05, 0.1) is 4.91 Å². The van der Waals surface area contributed by atoms with Crippen molar-refractivity contribution in [2.24, 2.45) is 10.2 Å². The van der Waals surface area contributed by atoms with Gasteiger partial charge >= 0.3 is 5.97 Å². The van der Waals surface area contributed by atoms with Gasteiger partial charge in [-0.25, -0.2) is 0 Å². The monoisotopic (exact) mass is 417 g/mol. The molecule has 1 heterocycles. The minimum absolute atomic E-state index is 0.228. The molecule has 6 nitrogen and oxygen atoms in total. The predicted molar refractivity (Wildman–Crippen MR) is 122 cm³/mol. The summed E-state index contributed by atoms with van der Waals surface area (Å²) in [6.07, 6.45) is 10.3. The van der Waals surface area contributed by atoms with Crippen LogP contribution in [0.1, 0.15) is 11.1 Å². The van der Waals surface area contributed by atoms with Gasteiger partial charge in [-0.3, -0.25) is 14.5 Å². The van der Waals surface area contributed by atoms with Gasteiger partial charge in [-0.2, -0.15) is 5.10 Å². The summed E-state index contributed by atoms with van der Waals surface area (Å²) >= 11 is 1.09. The zero-order valence-electron chi connectivity index (χ0n) is 16.0. The molecule has 3 rings (SSSR count). The summed E-state index contributed by atoms with van der Waals surface area (Å²) in [5.41, 5.74) is 2.01. The van der Waals surface area contributed by atoms with Gasteiger partial charge in [0.25, 0.3) is 5.91 Å². The van der Waals surface area contributed by atoms with Crippen LogP contribution in [0.15, 0.2) is 94.0 Å². The normalized spacial score (nSPS) is 17.3. The molecule has 0 atom stereocenters. The summed E-state index contributed by atoms with van der Waals surface area (Å²) in [6.45, 7) is -0.472. The van der Waals surface area contributed by atoms with Crippen LogP contribution < -0.4 is 0 Å². The molecule has 0 aliphatic carbocycles. The average Bonchev–Trinajstić information content (AvgIpc) is 3.04. The number of carbonyl (C=O) groups is 2. The van der Waals surface area contributed by atoms with Gasteiger partial charge in [-0.15, -0.1) is 5.10 Å². The number of aliphatic carboxylic acids is 1. The number of allylic oxidation sites excluding steroid dienone is 3. The van der Waals surface area contributed by atoms with E-state index >= 15 is 0 Å². The van der Waals surface area contributed by atoms with Crippen LogP contribution in [0.25, 0.3) is 12.2 Å². The van der Waals surface area contributed by atoms with Crippen molar-refractivity contribution in [3.8, 4) is 0 Å². The fourth-order valence-electron chi connectivity index (χ4n) is 2.52. The molecule has 1 amide bonds. The van der Waals surface area contributed by atoms with Crippen molar-refractivity contribution in [3.05, 3.63) is 94.9 Å². The summed E-state index contributed by atoms with van der Waals surface area (Å²) in [5, 5.41) is 17.3. The van der Waals surface area contributed by atoms with Crippen LogP contribution in [0.4, 0.5) is 0 Å². The van der Waals surface area contributed by atoms with Crippen LogP contribution in [-0.4, -0.2) is 39.8 Å². The zero-order chi connectivity index (χ0) is 21.2. The number of amides is 1. The number of carboxylic acid groups (broad SMARTS) is 1. The molecule has 150 valence electrons. The second kappa shape index (κ2) is 10.7. The van der Waals surface area contributed by atoms with E-state index in [1.165, 1.54) is 6.21 Å². The van der Waals surface area contributed by atoms with Crippen LogP contribution in [0.5, 0.6) is 0 Å². The Kier molecular flexibility index (Phi) is 7.51. The summed E-state index contributed by atoms with van der Waals surface area (Å²) in [4.78, 5) is 25.2. The Bertz CT molecular complexity index is 1040. The lowest BCUT2D eigenvalue weighted by molar-refractivity contribution is -0.140. The van der Waals surface area contributed by atoms with Crippen molar-refractivity contribution in [3.63, 3.8) is 0 Å². The molecule has 1 saturated heterocycles. The van der Waals surface area contributed by atoms with E-state index in [0.29, 0.717) is 4.91 Å². The lowest BCUT2D eigenvalue weighted by atomic mass is 10.2. The van der Waals surface area contributed by atoms with E-state index in [9.17, 15) is 9.59 Å². The molecule has 30 heavy (non-hydrogen) atoms. The first kappa shape index (κ1) is 21.0. The number of carboxylic acids is 1. The Labute approximate surface area is 178 Å². The molecule has 1 aliphatic heterocycles. The molecule has 2 aromatic rings. The fraction of sp³-hybridized carbons (Fsp3) is 0.0435. The number of thioether (sulfide) groups is 1. The van der Waals surface area contributed by atoms with Crippen LogP contribution in [0.2, 0.25) is 0 Å². The summed E-state index contributed by atoms with van der Waals surface area (Å²) in [5.74, 6) is -1.53. The Balaban J connectivity index is 1.72. The number of carbonyl (C=O) groups excluding carboxylic acids is 1. The average molecular weight is 417 g/mol. The first-order valence-corrected chi connectivity index (χ1v) is 9.93. The molecule has 1 aliphatic rings. The third kappa shape index (κ3) is 6.15. The van der Waals surface area contributed by atoms with E-state index in [-0.39, 0.29) is 5.17 Å². The Hall–Kier alpha value is -3.71. The molecule has 1 fully saturated rings. The van der Waals surface area contributed by atoms with Crippen LogP contribution in [0.3, 0.4) is 0 Å². The third-order valence-corrected chi connectivity index (χ3v) is 4.92. The van der Waals surface area contributed by atoms with Crippen molar-refractivity contribution in [1.29, 1.82) is 0 Å². The highest BCUT2D eigenvalue weighted by molar-refractivity contribution is 8.18. The highest BCUT2D eigenvalue weighted by Crippen LogP contribution is 2.30. The number of amidine groups is 1. The fourth-order valence-corrected chi connectivity index (χ4v) is 3.41. The quantitative estimate of drug-likeness (QED) is 0.414. The highest BCUT2D eigenvalue weighted by Gasteiger charge is 2.34. The maximum absolute atomic E-state index is 12.6. The molecule has 0 unspecified atom stereocenters. The SMILES string of the molecule is O=C(O)CN1C(=O)/C(=C\C=C\c2ccccc2)S/C1=N/N=C/C=C/c1ccccc1. The van der Waals surface area contributed by atoms with Gasteiger partial charge in [0, 0.05) is 6.21 Å². The molecule has 0 spiro atoms. The smallest absolute Gasteiger partial charge is 0.323 e. The lowest BCUT2D eigenvalue weighted by Crippen LogP contribution is -2.34. The molecule has 7 heteroatoms. The van der Waals surface area contributed by atoms with E-state index in [2.05, 4.69) is 10.2 Å². The van der Waals surface area contributed by atoms with Gasteiger partial charge in [0.15, 0.2) is 5.17 Å². The number of hydrogen-bond acceptors (Lipinski definition) is 5. The zero-order valence-corrected chi connectivity index (χ0v) is 16.8. The van der Waals surface area contributed by atoms with E-state index in [1.54, 1.807) is 18.2 Å². The van der Waals surface area contributed by atoms with Gasteiger partial charge in [-0.05, 0) is 35.0 Å². The molecule has 0 radical (unpaired) electrons. The first-order valence-electron chi connectivity index (χ1n) is 9.11. The van der Waals surface area contributed by atoms with Crippen LogP contribution in [-0.2, 0) is 9.59 Å². The molecule has 1 N–H and O–H groups in total. The van der Waals surface area contributed by atoms with E-state index in [0.717, 1.165) is 27.8 Å².